The van der Waals surface area contributed by atoms with Crippen molar-refractivity contribution in [3.05, 3.63) is 82.4 Å². The fourth-order valence-electron chi connectivity index (χ4n) is 2.85. The zero-order chi connectivity index (χ0) is 21.2. The Labute approximate surface area is 174 Å². The van der Waals surface area contributed by atoms with E-state index in [9.17, 15) is 23.1 Å². The van der Waals surface area contributed by atoms with E-state index >= 15 is 0 Å². The summed E-state index contributed by atoms with van der Waals surface area (Å²) in [4.78, 5) is 11.9. The number of nitrogens with one attached hydrogen (secondary N) is 1. The van der Waals surface area contributed by atoms with Crippen LogP contribution >= 0.6 is 23.5 Å². The van der Waals surface area contributed by atoms with Crippen LogP contribution in [0.25, 0.3) is 11.1 Å². The highest BCUT2D eigenvalue weighted by molar-refractivity contribution is 8.00. The molecule has 3 aromatic carbocycles. The summed E-state index contributed by atoms with van der Waals surface area (Å²) in [6, 6.07) is 15.8. The lowest BCUT2D eigenvalue weighted by molar-refractivity contribution is -0.137. The number of halogens is 4. The smallest absolute Gasteiger partial charge is 0.416 e. The van der Waals surface area contributed by atoms with Gasteiger partial charge in [-0.2, -0.15) is 13.2 Å². The number of alkyl halides is 3. The Kier molecular flexibility index (Phi) is 6.10. The highest BCUT2D eigenvalue weighted by Crippen LogP contribution is 2.37. The standard InChI is InChI=1S/C21H15ClF3NO2S/c1-12-17(13-5-3-2-4-6-13)7-8-18(20(27)28)19(12)26-29-16-10-14(21(23,24)25)9-15(22)11-16/h2-11,26H,1H3,(H,27,28). The van der Waals surface area contributed by atoms with Crippen LogP contribution in [0.15, 0.2) is 65.6 Å². The first-order valence-corrected chi connectivity index (χ1v) is 9.59. The summed E-state index contributed by atoms with van der Waals surface area (Å²) in [7, 11) is 0. The summed E-state index contributed by atoms with van der Waals surface area (Å²) in [5, 5.41) is 9.47. The van der Waals surface area contributed by atoms with Crippen molar-refractivity contribution in [1.29, 1.82) is 0 Å². The van der Waals surface area contributed by atoms with Gasteiger partial charge in [0.2, 0.25) is 0 Å². The van der Waals surface area contributed by atoms with Crippen molar-refractivity contribution in [3.63, 3.8) is 0 Å². The van der Waals surface area contributed by atoms with Crippen molar-refractivity contribution in [2.24, 2.45) is 0 Å². The van der Waals surface area contributed by atoms with Crippen molar-refractivity contribution in [2.45, 2.75) is 18.0 Å². The average molecular weight is 438 g/mol. The molecule has 0 aliphatic rings. The van der Waals surface area contributed by atoms with Crippen LogP contribution < -0.4 is 4.72 Å². The van der Waals surface area contributed by atoms with Crippen LogP contribution in [0.2, 0.25) is 5.02 Å². The summed E-state index contributed by atoms with van der Waals surface area (Å²) in [5.41, 5.74) is 1.85. The summed E-state index contributed by atoms with van der Waals surface area (Å²) in [6.07, 6.45) is -4.53. The van der Waals surface area contributed by atoms with Gasteiger partial charge in [-0.15, -0.1) is 0 Å². The molecule has 0 fully saturated rings. The van der Waals surface area contributed by atoms with Crippen LogP contribution in [0.5, 0.6) is 0 Å². The van der Waals surface area contributed by atoms with E-state index < -0.39 is 17.7 Å². The predicted octanol–water partition coefficient (Wildman–Crippen LogP) is 7.15. The zero-order valence-electron chi connectivity index (χ0n) is 15.0. The second-order valence-electron chi connectivity index (χ2n) is 6.21. The molecule has 0 saturated heterocycles. The Morgan fingerprint density at radius 3 is 2.38 bits per heavy atom. The highest BCUT2D eigenvalue weighted by atomic mass is 35.5. The molecular formula is C21H15ClF3NO2S. The lowest BCUT2D eigenvalue weighted by Crippen LogP contribution is -2.06. The summed E-state index contributed by atoms with van der Waals surface area (Å²) >= 11 is 6.69. The number of hydrogen-bond acceptors (Lipinski definition) is 3. The molecule has 3 nitrogen and oxygen atoms in total. The second kappa shape index (κ2) is 8.39. The van der Waals surface area contributed by atoms with Gasteiger partial charge in [0.25, 0.3) is 0 Å². The Hall–Kier alpha value is -2.64. The number of benzene rings is 3. The Bertz CT molecular complexity index is 1060. The van der Waals surface area contributed by atoms with Gasteiger partial charge in [-0.3, -0.25) is 0 Å². The molecule has 0 heterocycles. The quantitative estimate of drug-likeness (QED) is 0.416. The molecule has 3 aromatic rings. The first kappa shape index (κ1) is 21.1. The number of carbonyl (C=O) groups is 1. The Balaban J connectivity index is 1.98. The van der Waals surface area contributed by atoms with Gasteiger partial charge in [-0.1, -0.05) is 48.0 Å². The molecule has 8 heteroatoms. The number of aromatic carboxylic acids is 1. The van der Waals surface area contributed by atoms with Crippen LogP contribution in [-0.4, -0.2) is 11.1 Å². The normalized spacial score (nSPS) is 11.3. The predicted molar refractivity (Wildman–Crippen MR) is 110 cm³/mol. The zero-order valence-corrected chi connectivity index (χ0v) is 16.6. The molecule has 150 valence electrons. The molecule has 0 aromatic heterocycles. The van der Waals surface area contributed by atoms with Crippen LogP contribution in [-0.2, 0) is 6.18 Å². The molecule has 2 N–H and O–H groups in total. The highest BCUT2D eigenvalue weighted by Gasteiger charge is 2.31. The average Bonchev–Trinajstić information content (AvgIpc) is 2.66. The fraction of sp³-hybridized carbons (Fsp3) is 0.0952. The molecule has 0 radical (unpaired) electrons. The summed E-state index contributed by atoms with van der Waals surface area (Å²) in [6.45, 7) is 1.76. The van der Waals surface area contributed by atoms with Crippen molar-refractivity contribution >= 4 is 35.2 Å². The molecule has 29 heavy (non-hydrogen) atoms. The largest absolute Gasteiger partial charge is 0.478 e. The molecule has 3 rings (SSSR count). The first-order valence-electron chi connectivity index (χ1n) is 8.40. The maximum atomic E-state index is 13.0. The van der Waals surface area contributed by atoms with Crippen molar-refractivity contribution in [2.75, 3.05) is 4.72 Å². The second-order valence-corrected chi connectivity index (χ2v) is 7.53. The fourth-order valence-corrected chi connectivity index (χ4v) is 4.00. The summed E-state index contributed by atoms with van der Waals surface area (Å²) < 4.78 is 42.0. The molecule has 0 atom stereocenters. The SMILES string of the molecule is Cc1c(-c2ccccc2)ccc(C(=O)O)c1NSc1cc(Cl)cc(C(F)(F)F)c1. The van der Waals surface area contributed by atoms with Gasteiger partial charge >= 0.3 is 12.1 Å². The molecule has 0 amide bonds. The van der Waals surface area contributed by atoms with Gasteiger partial charge < -0.3 is 9.83 Å². The van der Waals surface area contributed by atoms with Gasteiger partial charge in [-0.05, 0) is 59.8 Å². The van der Waals surface area contributed by atoms with Crippen LogP contribution in [0.1, 0.15) is 21.5 Å². The van der Waals surface area contributed by atoms with Gasteiger partial charge in [0, 0.05) is 9.92 Å². The number of hydrogen-bond donors (Lipinski definition) is 2. The van der Waals surface area contributed by atoms with E-state index in [0.717, 1.165) is 35.2 Å². The van der Waals surface area contributed by atoms with E-state index in [1.807, 2.05) is 30.3 Å². The third-order valence-electron chi connectivity index (χ3n) is 4.25. The molecule has 0 aliphatic heterocycles. The Morgan fingerprint density at radius 2 is 1.76 bits per heavy atom. The van der Waals surface area contributed by atoms with Gasteiger partial charge in [0.15, 0.2) is 0 Å². The van der Waals surface area contributed by atoms with E-state index in [-0.39, 0.29) is 15.5 Å². The number of rotatable bonds is 5. The monoisotopic (exact) mass is 437 g/mol. The molecule has 0 saturated carbocycles. The van der Waals surface area contributed by atoms with Crippen LogP contribution in [0, 0.1) is 6.92 Å². The first-order chi connectivity index (χ1) is 13.7. The lowest BCUT2D eigenvalue weighted by Gasteiger charge is -2.16. The molecule has 0 bridgehead atoms. The van der Waals surface area contributed by atoms with Gasteiger partial charge in [0.1, 0.15) is 0 Å². The van der Waals surface area contributed by atoms with E-state index in [0.29, 0.717) is 11.3 Å². The van der Waals surface area contributed by atoms with E-state index in [2.05, 4.69) is 4.72 Å². The maximum Gasteiger partial charge on any atom is 0.416 e. The molecule has 0 spiro atoms. The minimum Gasteiger partial charge on any atom is -0.478 e. The third-order valence-corrected chi connectivity index (χ3v) is 5.25. The number of anilines is 1. The van der Waals surface area contributed by atoms with Gasteiger partial charge in [-0.25, -0.2) is 4.79 Å². The van der Waals surface area contributed by atoms with Crippen LogP contribution in [0.3, 0.4) is 0 Å². The third kappa shape index (κ3) is 4.86. The minimum absolute atomic E-state index is 0.0211. The molecule has 0 unspecified atom stereocenters. The van der Waals surface area contributed by atoms with E-state index in [1.54, 1.807) is 13.0 Å². The van der Waals surface area contributed by atoms with E-state index in [1.165, 1.54) is 12.1 Å². The van der Waals surface area contributed by atoms with Crippen molar-refractivity contribution in [1.82, 2.24) is 0 Å². The lowest BCUT2D eigenvalue weighted by atomic mass is 9.96. The van der Waals surface area contributed by atoms with E-state index in [4.69, 9.17) is 11.6 Å². The van der Waals surface area contributed by atoms with Gasteiger partial charge in [0.05, 0.1) is 16.8 Å². The summed E-state index contributed by atoms with van der Waals surface area (Å²) in [5.74, 6) is -1.14. The topological polar surface area (TPSA) is 49.3 Å². The number of carboxylic acid groups (broad SMARTS) is 1. The van der Waals surface area contributed by atoms with Crippen molar-refractivity contribution < 1.29 is 23.1 Å². The van der Waals surface area contributed by atoms with Crippen molar-refractivity contribution in [3.8, 4) is 11.1 Å². The van der Waals surface area contributed by atoms with Crippen LogP contribution in [0.4, 0.5) is 18.9 Å². The maximum absolute atomic E-state index is 13.0. The minimum atomic E-state index is -4.53. The number of carboxylic acids is 1. The molecule has 0 aliphatic carbocycles. The Morgan fingerprint density at radius 1 is 1.07 bits per heavy atom. The molecular weight excluding hydrogens is 423 g/mol.